The summed E-state index contributed by atoms with van der Waals surface area (Å²) < 4.78 is 5.51. The summed E-state index contributed by atoms with van der Waals surface area (Å²) >= 11 is 1.77. The van der Waals surface area contributed by atoms with Crippen LogP contribution < -0.4 is 5.32 Å². The SMILES string of the molecule is CN[C@H]1OCCc2ccsc21. The van der Waals surface area contributed by atoms with Crippen LogP contribution >= 0.6 is 11.3 Å². The molecular weight excluding hydrogens is 158 g/mol. The van der Waals surface area contributed by atoms with Crippen LogP contribution in [0.5, 0.6) is 0 Å². The molecule has 0 spiro atoms. The van der Waals surface area contributed by atoms with Crippen LogP contribution in [-0.2, 0) is 11.2 Å². The van der Waals surface area contributed by atoms with Gasteiger partial charge in [-0.2, -0.15) is 0 Å². The van der Waals surface area contributed by atoms with Gasteiger partial charge in [-0.05, 0) is 30.5 Å². The molecular formula is C8H11NOS. The first-order valence-electron chi connectivity index (χ1n) is 3.77. The van der Waals surface area contributed by atoms with Gasteiger partial charge >= 0.3 is 0 Å². The van der Waals surface area contributed by atoms with E-state index in [9.17, 15) is 0 Å². The average Bonchev–Trinajstić information content (AvgIpc) is 2.50. The predicted octanol–water partition coefficient (Wildman–Crippen LogP) is 1.54. The van der Waals surface area contributed by atoms with Crippen LogP contribution in [0.4, 0.5) is 0 Å². The smallest absolute Gasteiger partial charge is 0.143 e. The minimum absolute atomic E-state index is 0.138. The molecule has 0 fully saturated rings. The maximum absolute atomic E-state index is 5.51. The van der Waals surface area contributed by atoms with E-state index in [4.69, 9.17) is 4.74 Å². The van der Waals surface area contributed by atoms with Crippen molar-refractivity contribution >= 4 is 11.3 Å². The van der Waals surface area contributed by atoms with Crippen molar-refractivity contribution in [1.82, 2.24) is 5.32 Å². The van der Waals surface area contributed by atoms with Crippen LogP contribution in [0, 0.1) is 0 Å². The molecule has 1 aliphatic rings. The standard InChI is InChI=1S/C8H11NOS/c1-9-8-7-6(2-4-10-8)3-5-11-7/h3,5,8-9H,2,4H2,1H3/t8-/m0/s1. The second-order valence-corrected chi connectivity index (χ2v) is 3.55. The van der Waals surface area contributed by atoms with Crippen molar-refractivity contribution in [2.45, 2.75) is 12.6 Å². The highest BCUT2D eigenvalue weighted by Gasteiger charge is 2.19. The Labute approximate surface area is 70.2 Å². The Morgan fingerprint density at radius 1 is 1.73 bits per heavy atom. The zero-order valence-corrected chi connectivity index (χ0v) is 7.28. The van der Waals surface area contributed by atoms with Crippen molar-refractivity contribution in [1.29, 1.82) is 0 Å². The van der Waals surface area contributed by atoms with Crippen LogP contribution in [0.3, 0.4) is 0 Å². The maximum atomic E-state index is 5.51. The lowest BCUT2D eigenvalue weighted by atomic mass is 10.1. The van der Waals surface area contributed by atoms with Crippen molar-refractivity contribution in [2.24, 2.45) is 0 Å². The van der Waals surface area contributed by atoms with E-state index < -0.39 is 0 Å². The first-order valence-corrected chi connectivity index (χ1v) is 4.65. The molecule has 0 radical (unpaired) electrons. The first kappa shape index (κ1) is 7.28. The largest absolute Gasteiger partial charge is 0.358 e. The Bertz CT molecular complexity index is 246. The number of thiophene rings is 1. The fourth-order valence-electron chi connectivity index (χ4n) is 1.36. The minimum Gasteiger partial charge on any atom is -0.358 e. The van der Waals surface area contributed by atoms with Crippen molar-refractivity contribution in [3.8, 4) is 0 Å². The van der Waals surface area contributed by atoms with E-state index in [0.717, 1.165) is 13.0 Å². The molecule has 1 N–H and O–H groups in total. The molecule has 11 heavy (non-hydrogen) atoms. The van der Waals surface area contributed by atoms with Gasteiger partial charge in [-0.15, -0.1) is 11.3 Å². The summed E-state index contributed by atoms with van der Waals surface area (Å²) in [4.78, 5) is 1.35. The van der Waals surface area contributed by atoms with Crippen LogP contribution in [0.15, 0.2) is 11.4 Å². The van der Waals surface area contributed by atoms with Crippen LogP contribution in [0.1, 0.15) is 16.7 Å². The molecule has 1 aromatic rings. The van der Waals surface area contributed by atoms with Gasteiger partial charge in [-0.3, -0.25) is 5.32 Å². The summed E-state index contributed by atoms with van der Waals surface area (Å²) in [5.41, 5.74) is 1.45. The summed E-state index contributed by atoms with van der Waals surface area (Å²) in [5, 5.41) is 5.26. The Morgan fingerprint density at radius 3 is 3.45 bits per heavy atom. The van der Waals surface area contributed by atoms with Crippen molar-refractivity contribution in [3.05, 3.63) is 21.9 Å². The third kappa shape index (κ3) is 1.20. The van der Waals surface area contributed by atoms with Gasteiger partial charge in [0, 0.05) is 0 Å². The molecule has 1 aliphatic heterocycles. The Kier molecular flexibility index (Phi) is 1.94. The van der Waals surface area contributed by atoms with Gasteiger partial charge in [0.25, 0.3) is 0 Å². The highest BCUT2D eigenvalue weighted by atomic mass is 32.1. The lowest BCUT2D eigenvalue weighted by Gasteiger charge is -2.22. The van der Waals surface area contributed by atoms with Gasteiger partial charge in [0.1, 0.15) is 6.23 Å². The van der Waals surface area contributed by atoms with E-state index in [1.165, 1.54) is 10.4 Å². The summed E-state index contributed by atoms with van der Waals surface area (Å²) in [5.74, 6) is 0. The quantitative estimate of drug-likeness (QED) is 0.688. The highest BCUT2D eigenvalue weighted by Crippen LogP contribution is 2.29. The van der Waals surface area contributed by atoms with Gasteiger partial charge in [-0.1, -0.05) is 0 Å². The third-order valence-corrected chi connectivity index (χ3v) is 2.94. The fourth-order valence-corrected chi connectivity index (χ4v) is 2.37. The lowest BCUT2D eigenvalue weighted by molar-refractivity contribution is 0.0271. The van der Waals surface area contributed by atoms with Crippen molar-refractivity contribution in [2.75, 3.05) is 13.7 Å². The molecule has 0 unspecified atom stereocenters. The Balaban J connectivity index is 2.32. The molecule has 0 aromatic carbocycles. The molecule has 0 amide bonds. The molecule has 0 saturated carbocycles. The second-order valence-electron chi connectivity index (χ2n) is 2.60. The van der Waals surface area contributed by atoms with Crippen molar-refractivity contribution < 1.29 is 4.74 Å². The van der Waals surface area contributed by atoms with Gasteiger partial charge in [0.05, 0.1) is 11.5 Å². The molecule has 2 nitrogen and oxygen atoms in total. The molecule has 1 aromatic heterocycles. The normalized spacial score (nSPS) is 23.2. The zero-order valence-electron chi connectivity index (χ0n) is 6.46. The zero-order chi connectivity index (χ0) is 7.68. The minimum atomic E-state index is 0.138. The molecule has 2 rings (SSSR count). The number of ether oxygens (including phenoxy) is 1. The Morgan fingerprint density at radius 2 is 2.64 bits per heavy atom. The van der Waals surface area contributed by atoms with E-state index in [0.29, 0.717) is 0 Å². The van der Waals surface area contributed by atoms with Crippen molar-refractivity contribution in [3.63, 3.8) is 0 Å². The molecule has 3 heteroatoms. The second kappa shape index (κ2) is 2.93. The highest BCUT2D eigenvalue weighted by molar-refractivity contribution is 7.10. The van der Waals surface area contributed by atoms with E-state index in [-0.39, 0.29) is 6.23 Å². The maximum Gasteiger partial charge on any atom is 0.143 e. The summed E-state index contributed by atoms with van der Waals surface area (Å²) in [6.07, 6.45) is 1.20. The predicted molar refractivity (Wildman–Crippen MR) is 45.8 cm³/mol. The molecule has 0 saturated heterocycles. The van der Waals surface area contributed by atoms with E-state index in [2.05, 4.69) is 16.8 Å². The number of fused-ring (bicyclic) bond motifs is 1. The summed E-state index contributed by atoms with van der Waals surface area (Å²) in [6, 6.07) is 2.19. The van der Waals surface area contributed by atoms with Crippen LogP contribution in [-0.4, -0.2) is 13.7 Å². The van der Waals surface area contributed by atoms with Gasteiger partial charge < -0.3 is 4.74 Å². The van der Waals surface area contributed by atoms with E-state index in [1.807, 2.05) is 7.05 Å². The van der Waals surface area contributed by atoms with Crippen LogP contribution in [0.25, 0.3) is 0 Å². The molecule has 1 atom stereocenters. The van der Waals surface area contributed by atoms with Gasteiger partial charge in [0.2, 0.25) is 0 Å². The number of nitrogens with one attached hydrogen (secondary N) is 1. The third-order valence-electron chi connectivity index (χ3n) is 1.94. The molecule has 2 heterocycles. The average molecular weight is 169 g/mol. The van der Waals surface area contributed by atoms with E-state index in [1.54, 1.807) is 11.3 Å². The lowest BCUT2D eigenvalue weighted by Crippen LogP contribution is -2.24. The first-order chi connectivity index (χ1) is 5.42. The summed E-state index contributed by atoms with van der Waals surface area (Å²) in [7, 11) is 1.93. The number of rotatable bonds is 1. The molecule has 0 bridgehead atoms. The molecule has 0 aliphatic carbocycles. The topological polar surface area (TPSA) is 21.3 Å². The Hall–Kier alpha value is -0.380. The fraction of sp³-hybridized carbons (Fsp3) is 0.500. The van der Waals surface area contributed by atoms with Crippen LogP contribution in [0.2, 0.25) is 0 Å². The number of hydrogen-bond acceptors (Lipinski definition) is 3. The number of hydrogen-bond donors (Lipinski definition) is 1. The van der Waals surface area contributed by atoms with Gasteiger partial charge in [-0.25, -0.2) is 0 Å². The monoisotopic (exact) mass is 169 g/mol. The molecule has 60 valence electrons. The van der Waals surface area contributed by atoms with Gasteiger partial charge in [0.15, 0.2) is 0 Å². The van der Waals surface area contributed by atoms with E-state index >= 15 is 0 Å². The summed E-state index contributed by atoms with van der Waals surface area (Å²) in [6.45, 7) is 0.843.